The fraction of sp³-hybridized carbons (Fsp3) is 0.200. The number of rotatable bonds is 2. The summed E-state index contributed by atoms with van der Waals surface area (Å²) in [5.74, 6) is -0.181. The van der Waals surface area contributed by atoms with Crippen molar-refractivity contribution in [1.29, 1.82) is 0 Å². The minimum Gasteiger partial charge on any atom is -0.355 e. The van der Waals surface area contributed by atoms with Gasteiger partial charge in [-0.15, -0.1) is 0 Å². The van der Waals surface area contributed by atoms with Crippen molar-refractivity contribution in [1.82, 2.24) is 4.90 Å². The van der Waals surface area contributed by atoms with Crippen molar-refractivity contribution in [3.05, 3.63) is 95.1 Å². The third kappa shape index (κ3) is 1.80. The molecule has 1 spiro atoms. The van der Waals surface area contributed by atoms with Crippen molar-refractivity contribution in [2.75, 3.05) is 5.32 Å². The third-order valence-electron chi connectivity index (χ3n) is 6.96. The van der Waals surface area contributed by atoms with Crippen LogP contribution >= 0.6 is 0 Å². The summed E-state index contributed by atoms with van der Waals surface area (Å²) < 4.78 is 0. The minimum absolute atomic E-state index is 0.0785. The van der Waals surface area contributed by atoms with Gasteiger partial charge in [0.15, 0.2) is 0 Å². The van der Waals surface area contributed by atoms with Gasteiger partial charge in [0.25, 0.3) is 0 Å². The largest absolute Gasteiger partial charge is 0.355 e. The number of amides is 2. The first kappa shape index (κ1) is 16.5. The van der Waals surface area contributed by atoms with Gasteiger partial charge >= 0.3 is 0 Å². The van der Waals surface area contributed by atoms with Crippen LogP contribution in [0.4, 0.5) is 11.4 Å². The highest BCUT2D eigenvalue weighted by atomic mass is 16.2. The molecule has 142 valence electrons. The van der Waals surface area contributed by atoms with Crippen LogP contribution in [0.2, 0.25) is 0 Å². The highest BCUT2D eigenvalue weighted by Gasteiger charge is 2.73. The second-order valence-electron chi connectivity index (χ2n) is 8.45. The lowest BCUT2D eigenvalue weighted by Gasteiger charge is -2.39. The molecule has 2 aliphatic heterocycles. The first-order valence-corrected chi connectivity index (χ1v) is 9.96. The molecule has 4 heteroatoms. The van der Waals surface area contributed by atoms with Crippen LogP contribution in [0.1, 0.15) is 29.2 Å². The Morgan fingerprint density at radius 2 is 1.59 bits per heavy atom. The average molecular weight is 380 g/mol. The van der Waals surface area contributed by atoms with E-state index in [4.69, 9.17) is 0 Å². The van der Waals surface area contributed by atoms with Gasteiger partial charge in [-0.25, -0.2) is 0 Å². The Hall–Kier alpha value is -3.40. The summed E-state index contributed by atoms with van der Waals surface area (Å²) in [6, 6.07) is 23.7. The number of benzene rings is 3. The molecule has 3 aliphatic rings. The van der Waals surface area contributed by atoms with Gasteiger partial charge in [-0.3, -0.25) is 14.5 Å². The smallest absolute Gasteiger partial charge is 0.245 e. The van der Waals surface area contributed by atoms with Crippen molar-refractivity contribution in [3.8, 4) is 0 Å². The van der Waals surface area contributed by atoms with E-state index in [0.29, 0.717) is 13.0 Å². The van der Waals surface area contributed by atoms with Gasteiger partial charge in [0.2, 0.25) is 11.8 Å². The maximum Gasteiger partial charge on any atom is 0.245 e. The van der Waals surface area contributed by atoms with Gasteiger partial charge in [-0.2, -0.15) is 0 Å². The number of fused-ring (bicyclic) bond motifs is 1. The number of hydrogen-bond donors (Lipinski definition) is 1. The Kier molecular flexibility index (Phi) is 3.05. The SMILES string of the molecule is CC12Cc3cccc4c3C1(C(=O)N(Cc1ccccc1)C2=O)c1ccccc1N4. The fourth-order valence-corrected chi connectivity index (χ4v) is 5.78. The number of para-hydroxylation sites is 1. The van der Waals surface area contributed by atoms with E-state index in [-0.39, 0.29) is 11.8 Å². The summed E-state index contributed by atoms with van der Waals surface area (Å²) in [4.78, 5) is 29.4. The summed E-state index contributed by atoms with van der Waals surface area (Å²) in [6.07, 6.45) is 0.571. The number of anilines is 2. The standard InChI is InChI=1S/C25H20N2O2/c1-24-14-17-10-7-13-20-21(17)25(24,18-11-5-6-12-19(18)26-20)23(29)27(22(24)28)15-16-8-3-2-4-9-16/h2-13,26H,14-15H2,1H3. The van der Waals surface area contributed by atoms with E-state index in [0.717, 1.165) is 33.6 Å². The summed E-state index contributed by atoms with van der Waals surface area (Å²) >= 11 is 0. The molecule has 2 unspecified atom stereocenters. The van der Waals surface area contributed by atoms with Crippen LogP contribution in [0.5, 0.6) is 0 Å². The molecule has 6 rings (SSSR count). The lowest BCUT2D eigenvalue weighted by Crippen LogP contribution is -2.46. The van der Waals surface area contributed by atoms with Crippen LogP contribution in [0.15, 0.2) is 72.8 Å². The molecule has 2 atom stereocenters. The number of nitrogens with zero attached hydrogens (tertiary/aromatic N) is 1. The van der Waals surface area contributed by atoms with Gasteiger partial charge in [0, 0.05) is 11.4 Å². The van der Waals surface area contributed by atoms with Crippen LogP contribution in [-0.2, 0) is 28.0 Å². The lowest BCUT2D eigenvalue weighted by atomic mass is 9.61. The Labute approximate surface area is 169 Å². The van der Waals surface area contributed by atoms with Crippen LogP contribution < -0.4 is 5.32 Å². The second-order valence-corrected chi connectivity index (χ2v) is 8.45. The van der Waals surface area contributed by atoms with E-state index in [1.165, 1.54) is 4.90 Å². The summed E-state index contributed by atoms with van der Waals surface area (Å²) in [6.45, 7) is 2.28. The molecule has 0 saturated carbocycles. The van der Waals surface area contributed by atoms with Gasteiger partial charge in [0.05, 0.1) is 12.0 Å². The van der Waals surface area contributed by atoms with E-state index in [9.17, 15) is 9.59 Å². The zero-order chi connectivity index (χ0) is 19.8. The van der Waals surface area contributed by atoms with Crippen LogP contribution in [0.25, 0.3) is 0 Å². The average Bonchev–Trinajstić information content (AvgIpc) is 3.10. The summed E-state index contributed by atoms with van der Waals surface area (Å²) in [7, 11) is 0. The Morgan fingerprint density at radius 1 is 0.862 bits per heavy atom. The van der Waals surface area contributed by atoms with Crippen LogP contribution in [-0.4, -0.2) is 16.7 Å². The predicted molar refractivity (Wildman–Crippen MR) is 111 cm³/mol. The number of hydrogen-bond acceptors (Lipinski definition) is 3. The monoisotopic (exact) mass is 380 g/mol. The third-order valence-corrected chi connectivity index (χ3v) is 6.96. The molecule has 1 saturated heterocycles. The molecule has 4 nitrogen and oxygen atoms in total. The predicted octanol–water partition coefficient (Wildman–Crippen LogP) is 4.16. The first-order chi connectivity index (χ1) is 14.1. The summed E-state index contributed by atoms with van der Waals surface area (Å²) in [5, 5.41) is 3.49. The van der Waals surface area contributed by atoms with Gasteiger partial charge < -0.3 is 5.32 Å². The second kappa shape index (κ2) is 5.35. The minimum atomic E-state index is -0.966. The fourth-order valence-electron chi connectivity index (χ4n) is 5.78. The topological polar surface area (TPSA) is 49.4 Å². The number of carbonyl (C=O) groups is 2. The highest BCUT2D eigenvalue weighted by molar-refractivity contribution is 6.18. The molecular formula is C25H20N2O2. The normalized spacial score (nSPS) is 26.0. The number of imide groups is 1. The number of likely N-dealkylation sites (tertiary alicyclic amines) is 1. The maximum atomic E-state index is 14.1. The van der Waals surface area contributed by atoms with Crippen LogP contribution in [0.3, 0.4) is 0 Å². The van der Waals surface area contributed by atoms with E-state index in [2.05, 4.69) is 11.4 Å². The maximum absolute atomic E-state index is 14.1. The molecule has 1 N–H and O–H groups in total. The van der Waals surface area contributed by atoms with E-state index in [1.54, 1.807) is 0 Å². The van der Waals surface area contributed by atoms with E-state index >= 15 is 0 Å². The molecule has 1 fully saturated rings. The molecule has 1 aliphatic carbocycles. The molecular weight excluding hydrogens is 360 g/mol. The van der Waals surface area contributed by atoms with Crippen molar-refractivity contribution in [2.24, 2.45) is 5.41 Å². The molecule has 29 heavy (non-hydrogen) atoms. The van der Waals surface area contributed by atoms with Gasteiger partial charge in [-0.1, -0.05) is 60.7 Å². The molecule has 0 aromatic heterocycles. The van der Waals surface area contributed by atoms with Crippen molar-refractivity contribution < 1.29 is 9.59 Å². The molecule has 0 radical (unpaired) electrons. The quantitative estimate of drug-likeness (QED) is 0.679. The number of nitrogens with one attached hydrogen (secondary N) is 1. The molecule has 3 aromatic rings. The zero-order valence-electron chi connectivity index (χ0n) is 16.1. The Balaban J connectivity index is 1.62. The molecule has 2 heterocycles. The molecule has 2 amide bonds. The number of carbonyl (C=O) groups excluding carboxylic acids is 2. The summed E-state index contributed by atoms with van der Waals surface area (Å²) in [5.41, 5.74) is 4.00. The lowest BCUT2D eigenvalue weighted by molar-refractivity contribution is -0.142. The highest BCUT2D eigenvalue weighted by Crippen LogP contribution is 2.65. The van der Waals surface area contributed by atoms with Gasteiger partial charge in [0.1, 0.15) is 5.41 Å². The zero-order valence-corrected chi connectivity index (χ0v) is 16.1. The van der Waals surface area contributed by atoms with Crippen molar-refractivity contribution in [3.63, 3.8) is 0 Å². The molecule has 0 bridgehead atoms. The van der Waals surface area contributed by atoms with Crippen LogP contribution in [0, 0.1) is 5.41 Å². The van der Waals surface area contributed by atoms with E-state index < -0.39 is 10.8 Å². The van der Waals surface area contributed by atoms with Gasteiger partial charge in [-0.05, 0) is 47.7 Å². The van der Waals surface area contributed by atoms with E-state index in [1.807, 2.05) is 73.7 Å². The Bertz CT molecular complexity index is 1200. The van der Waals surface area contributed by atoms with Crippen molar-refractivity contribution in [2.45, 2.75) is 25.3 Å². The first-order valence-electron chi connectivity index (χ1n) is 9.96. The Morgan fingerprint density at radius 3 is 2.41 bits per heavy atom. The molecule has 3 aromatic carbocycles. The van der Waals surface area contributed by atoms with Crippen molar-refractivity contribution >= 4 is 23.2 Å².